The van der Waals surface area contributed by atoms with Gasteiger partial charge in [0.15, 0.2) is 0 Å². The van der Waals surface area contributed by atoms with Crippen LogP contribution in [0.3, 0.4) is 0 Å². The van der Waals surface area contributed by atoms with Crippen LogP contribution in [-0.2, 0) is 10.0 Å². The third-order valence-corrected chi connectivity index (χ3v) is 4.98. The van der Waals surface area contributed by atoms with Crippen LogP contribution < -0.4 is 15.2 Å². The van der Waals surface area contributed by atoms with Crippen molar-refractivity contribution in [1.29, 1.82) is 0 Å². The van der Waals surface area contributed by atoms with Gasteiger partial charge < -0.3 is 10.5 Å². The summed E-state index contributed by atoms with van der Waals surface area (Å²) in [5, 5.41) is 0. The summed E-state index contributed by atoms with van der Waals surface area (Å²) < 4.78 is 32.4. The molecule has 0 amide bonds. The van der Waals surface area contributed by atoms with Crippen LogP contribution in [-0.4, -0.2) is 21.8 Å². The monoisotopic (exact) mass is 324 g/mol. The maximum atomic E-state index is 12.4. The first-order valence-electron chi connectivity index (χ1n) is 6.06. The molecule has 112 valence electrons. The van der Waals surface area contributed by atoms with Gasteiger partial charge in [0, 0.05) is 22.3 Å². The minimum atomic E-state index is -3.73. The zero-order valence-corrected chi connectivity index (χ0v) is 13.3. The van der Waals surface area contributed by atoms with E-state index in [1.807, 2.05) is 18.4 Å². The largest absolute Gasteiger partial charge is 0.495 e. The number of ether oxygens (including phenoxy) is 1. The van der Waals surface area contributed by atoms with Crippen molar-refractivity contribution in [3.63, 3.8) is 0 Å². The van der Waals surface area contributed by atoms with Crippen molar-refractivity contribution in [3.05, 3.63) is 42.5 Å². The number of hydrogen-bond acceptors (Lipinski definition) is 5. The summed E-state index contributed by atoms with van der Waals surface area (Å²) in [4.78, 5) is 1.11. The molecule has 0 aromatic heterocycles. The van der Waals surface area contributed by atoms with Crippen molar-refractivity contribution in [2.24, 2.45) is 0 Å². The molecular weight excluding hydrogens is 308 g/mol. The highest BCUT2D eigenvalue weighted by atomic mass is 32.2. The van der Waals surface area contributed by atoms with Gasteiger partial charge in [0.2, 0.25) is 0 Å². The van der Waals surface area contributed by atoms with Gasteiger partial charge in [0.05, 0.1) is 7.11 Å². The van der Waals surface area contributed by atoms with Gasteiger partial charge in [0.1, 0.15) is 10.6 Å². The first-order valence-corrected chi connectivity index (χ1v) is 8.77. The first kappa shape index (κ1) is 15.5. The molecule has 21 heavy (non-hydrogen) atoms. The molecule has 2 aromatic carbocycles. The van der Waals surface area contributed by atoms with E-state index in [1.54, 1.807) is 23.9 Å². The fraction of sp³-hybridized carbons (Fsp3) is 0.143. The van der Waals surface area contributed by atoms with E-state index in [4.69, 9.17) is 10.5 Å². The minimum Gasteiger partial charge on any atom is -0.495 e. The molecule has 0 saturated carbocycles. The Kier molecular flexibility index (Phi) is 4.64. The lowest BCUT2D eigenvalue weighted by atomic mass is 10.3. The molecule has 7 heteroatoms. The van der Waals surface area contributed by atoms with Gasteiger partial charge in [-0.2, -0.15) is 0 Å². The third-order valence-electron chi connectivity index (χ3n) is 2.82. The Morgan fingerprint density at radius 1 is 1.14 bits per heavy atom. The number of rotatable bonds is 5. The summed E-state index contributed by atoms with van der Waals surface area (Å²) in [6.07, 6.45) is 1.96. The van der Waals surface area contributed by atoms with Crippen molar-refractivity contribution in [2.45, 2.75) is 9.79 Å². The number of thioether (sulfide) groups is 1. The van der Waals surface area contributed by atoms with Crippen molar-refractivity contribution in [1.82, 2.24) is 0 Å². The van der Waals surface area contributed by atoms with Crippen molar-refractivity contribution in [3.8, 4) is 5.75 Å². The number of benzene rings is 2. The molecule has 2 rings (SSSR count). The summed E-state index contributed by atoms with van der Waals surface area (Å²) in [5.74, 6) is 0.211. The minimum absolute atomic E-state index is 0.0492. The number of nitrogen functional groups attached to an aromatic ring is 1. The summed E-state index contributed by atoms with van der Waals surface area (Å²) in [6.45, 7) is 0. The van der Waals surface area contributed by atoms with Crippen LogP contribution in [0.15, 0.2) is 52.3 Å². The number of sulfonamides is 1. The Morgan fingerprint density at radius 2 is 1.81 bits per heavy atom. The van der Waals surface area contributed by atoms with E-state index in [0.717, 1.165) is 4.90 Å². The van der Waals surface area contributed by atoms with Crippen LogP contribution in [0, 0.1) is 0 Å². The number of nitrogens with two attached hydrogens (primary N) is 1. The van der Waals surface area contributed by atoms with Crippen LogP contribution in [0.25, 0.3) is 0 Å². The normalized spacial score (nSPS) is 11.1. The van der Waals surface area contributed by atoms with Gasteiger partial charge in [-0.05, 0) is 42.7 Å². The van der Waals surface area contributed by atoms with E-state index in [2.05, 4.69) is 4.72 Å². The number of anilines is 2. The molecule has 0 unspecified atom stereocenters. The van der Waals surface area contributed by atoms with Crippen molar-refractivity contribution >= 4 is 33.2 Å². The second kappa shape index (κ2) is 6.28. The maximum absolute atomic E-state index is 12.4. The zero-order chi connectivity index (χ0) is 15.5. The molecule has 0 bridgehead atoms. The molecule has 3 N–H and O–H groups in total. The fourth-order valence-corrected chi connectivity index (χ4v) is 3.39. The molecule has 0 aliphatic heterocycles. The highest BCUT2D eigenvalue weighted by Gasteiger charge is 2.19. The number of hydrogen-bond donors (Lipinski definition) is 2. The summed E-state index contributed by atoms with van der Waals surface area (Å²) in [7, 11) is -2.33. The Balaban J connectivity index is 2.33. The summed E-state index contributed by atoms with van der Waals surface area (Å²) in [6, 6.07) is 11.6. The summed E-state index contributed by atoms with van der Waals surface area (Å²) >= 11 is 1.59. The molecule has 0 spiro atoms. The number of nitrogens with one attached hydrogen (secondary N) is 1. The van der Waals surface area contributed by atoms with E-state index in [1.165, 1.54) is 25.3 Å². The SMILES string of the molecule is COc1cc(N)ccc1S(=O)(=O)Nc1ccc(SC)cc1. The van der Waals surface area contributed by atoms with Crippen molar-refractivity contribution in [2.75, 3.05) is 23.8 Å². The van der Waals surface area contributed by atoms with E-state index < -0.39 is 10.0 Å². The lowest BCUT2D eigenvalue weighted by Crippen LogP contribution is -2.14. The predicted molar refractivity (Wildman–Crippen MR) is 86.4 cm³/mol. The topological polar surface area (TPSA) is 81.4 Å². The van der Waals surface area contributed by atoms with Gasteiger partial charge in [0.25, 0.3) is 10.0 Å². The van der Waals surface area contributed by atoms with Crippen LogP contribution in [0.2, 0.25) is 0 Å². The Morgan fingerprint density at radius 3 is 2.38 bits per heavy atom. The molecule has 0 saturated heterocycles. The molecule has 0 aliphatic carbocycles. The van der Waals surface area contributed by atoms with Crippen LogP contribution in [0.5, 0.6) is 5.75 Å². The number of methoxy groups -OCH3 is 1. The quantitative estimate of drug-likeness (QED) is 0.653. The maximum Gasteiger partial charge on any atom is 0.265 e. The third kappa shape index (κ3) is 3.62. The second-order valence-corrected chi connectivity index (χ2v) is 6.77. The Bertz CT molecular complexity index is 728. The predicted octanol–water partition coefficient (Wildman–Crippen LogP) is 2.80. The smallest absolute Gasteiger partial charge is 0.265 e. The molecule has 2 aromatic rings. The standard InChI is InChI=1S/C14H16N2O3S2/c1-19-13-9-10(15)3-8-14(13)21(17,18)16-11-4-6-12(20-2)7-5-11/h3-9,16H,15H2,1-2H3. The Labute approximate surface area is 128 Å². The van der Waals surface area contributed by atoms with E-state index in [0.29, 0.717) is 11.4 Å². The van der Waals surface area contributed by atoms with Crippen molar-refractivity contribution < 1.29 is 13.2 Å². The molecular formula is C14H16N2O3S2. The van der Waals surface area contributed by atoms with Crippen LogP contribution in [0.4, 0.5) is 11.4 Å². The lowest BCUT2D eigenvalue weighted by Gasteiger charge is -2.12. The second-order valence-electron chi connectivity index (χ2n) is 4.24. The fourth-order valence-electron chi connectivity index (χ4n) is 1.78. The average Bonchev–Trinajstić information content (AvgIpc) is 2.47. The van der Waals surface area contributed by atoms with Gasteiger partial charge in [-0.15, -0.1) is 11.8 Å². The van der Waals surface area contributed by atoms with Crippen LogP contribution >= 0.6 is 11.8 Å². The molecule has 5 nitrogen and oxygen atoms in total. The molecule has 0 fully saturated rings. The van der Waals surface area contributed by atoms with Gasteiger partial charge in [-0.1, -0.05) is 0 Å². The molecule has 0 radical (unpaired) electrons. The van der Waals surface area contributed by atoms with Gasteiger partial charge in [-0.3, -0.25) is 4.72 Å². The highest BCUT2D eigenvalue weighted by molar-refractivity contribution is 7.98. The molecule has 0 aliphatic rings. The first-order chi connectivity index (χ1) is 9.96. The lowest BCUT2D eigenvalue weighted by molar-refractivity contribution is 0.403. The highest BCUT2D eigenvalue weighted by Crippen LogP contribution is 2.28. The van der Waals surface area contributed by atoms with E-state index in [-0.39, 0.29) is 10.6 Å². The summed E-state index contributed by atoms with van der Waals surface area (Å²) in [5.41, 5.74) is 6.57. The Hall–Kier alpha value is -1.86. The molecule has 0 atom stereocenters. The molecule has 0 heterocycles. The van der Waals surface area contributed by atoms with Gasteiger partial charge >= 0.3 is 0 Å². The van der Waals surface area contributed by atoms with Gasteiger partial charge in [-0.25, -0.2) is 8.42 Å². The zero-order valence-electron chi connectivity index (χ0n) is 11.7. The van der Waals surface area contributed by atoms with E-state index in [9.17, 15) is 8.42 Å². The average molecular weight is 324 g/mol. The van der Waals surface area contributed by atoms with E-state index >= 15 is 0 Å². The van der Waals surface area contributed by atoms with Crippen LogP contribution in [0.1, 0.15) is 0 Å².